The zero-order valence-electron chi connectivity index (χ0n) is 31.1. The van der Waals surface area contributed by atoms with E-state index in [1.165, 1.54) is 19.1 Å². The fourth-order valence-electron chi connectivity index (χ4n) is 7.49. The molecule has 2 aliphatic heterocycles. The van der Waals surface area contributed by atoms with Crippen LogP contribution in [-0.2, 0) is 0 Å². The molecule has 0 fully saturated rings. The van der Waals surface area contributed by atoms with Gasteiger partial charge >= 0.3 is 0 Å². The predicted molar refractivity (Wildman–Crippen MR) is 195 cm³/mol. The van der Waals surface area contributed by atoms with Crippen LogP contribution in [0.15, 0.2) is 24.3 Å². The van der Waals surface area contributed by atoms with Gasteiger partial charge in [-0.25, -0.2) is 91.4 Å². The van der Waals surface area contributed by atoms with Crippen LogP contribution in [0.5, 0.6) is 0 Å². The quantitative estimate of drug-likeness (QED) is 0.101. The first-order valence-corrected chi connectivity index (χ1v) is 17.8. The number of H-pyrrole nitrogens is 1. The maximum Gasteiger partial charge on any atom is 0.198 e. The maximum atomic E-state index is 16.6. The van der Waals surface area contributed by atoms with E-state index in [4.69, 9.17) is 0 Å². The van der Waals surface area contributed by atoms with E-state index in [1.807, 2.05) is 0 Å². The SMILES string of the molecule is Cc1ccc(Nc2c(F)c(F)c(F)c3c4nc5nc(nc6c7c(F)c(F)c(F)c(F)c7c(nc7nc(nc([nH]4)c23)-c2c(F)c(F)c(F)c(F)c2-7)n6F)-c2c-5cc(F)c(F)c2F)c(C)c1. The number of hydrogen-bond donors (Lipinski definition) is 2. The fraction of sp³-hybridized carbons (Fsp3) is 0.0500. The van der Waals surface area contributed by atoms with Gasteiger partial charge in [0.05, 0.1) is 43.9 Å². The van der Waals surface area contributed by atoms with Crippen LogP contribution in [0.3, 0.4) is 0 Å². The van der Waals surface area contributed by atoms with Crippen LogP contribution in [0.4, 0.5) is 77.3 Å². The summed E-state index contributed by atoms with van der Waals surface area (Å²) in [6, 6.07) is 4.74. The zero-order chi connectivity index (χ0) is 45.7. The van der Waals surface area contributed by atoms with Gasteiger partial charge in [-0.3, -0.25) is 0 Å². The Bertz CT molecular complexity index is 3700. The molecule has 2 N–H and O–H groups in total. The number of halogens is 15. The summed E-state index contributed by atoms with van der Waals surface area (Å²) >= 11 is 0. The lowest BCUT2D eigenvalue weighted by Crippen LogP contribution is -2.02. The van der Waals surface area contributed by atoms with Crippen molar-refractivity contribution in [1.82, 2.24) is 39.7 Å². The molecule has 0 saturated heterocycles. The smallest absolute Gasteiger partial charge is 0.198 e. The summed E-state index contributed by atoms with van der Waals surface area (Å²) in [7, 11) is 0. The van der Waals surface area contributed by atoms with Crippen molar-refractivity contribution in [2.24, 2.45) is 0 Å². The third-order valence-corrected chi connectivity index (χ3v) is 10.4. The molecule has 3 aromatic heterocycles. The molecule has 8 aromatic rings. The Balaban J connectivity index is 1.49. The Hall–Kier alpha value is -7.79. The standard InChI is InChI=1S/C40H12F15N9/c1-7-3-4-11(8(2)5-7)56-32-18-15(23(46)30(53)31(32)54)36-58-33-9-6-10(41)19(42)20(43)12(9)34(57-33)62-39-16-17(25(48)29(52)28(51)24(16)47)40(64(39)55)63-37-14-13(35(59-37)60-38(18)61-36)21(44)26(49)27(50)22(14)45/h3-6,56H,1-2H3,(H,57,58,59,60,61,62,63). The number of aromatic amines is 1. The molecule has 5 aromatic carbocycles. The van der Waals surface area contributed by atoms with Gasteiger partial charge in [0.15, 0.2) is 116 Å². The molecule has 0 unspecified atom stereocenters. The lowest BCUT2D eigenvalue weighted by atomic mass is 10.1. The summed E-state index contributed by atoms with van der Waals surface area (Å²) in [4.78, 5) is 23.9. The zero-order valence-corrected chi connectivity index (χ0v) is 31.1. The summed E-state index contributed by atoms with van der Waals surface area (Å²) < 4.78 is 232. The molecule has 2 aliphatic rings. The molecule has 5 heterocycles. The van der Waals surface area contributed by atoms with Crippen molar-refractivity contribution in [2.75, 3.05) is 5.32 Å². The van der Waals surface area contributed by atoms with Crippen LogP contribution in [0.25, 0.3) is 89.7 Å². The van der Waals surface area contributed by atoms with Crippen molar-refractivity contribution in [3.8, 4) is 45.6 Å². The van der Waals surface area contributed by atoms with Gasteiger partial charge in [-0.1, -0.05) is 22.2 Å². The fourth-order valence-corrected chi connectivity index (χ4v) is 7.49. The number of aryl methyl sites for hydroxylation is 2. The topological polar surface area (TPSA) is 110 Å². The molecule has 64 heavy (non-hydrogen) atoms. The first-order valence-electron chi connectivity index (χ1n) is 17.8. The molecule has 0 aliphatic carbocycles. The Kier molecular flexibility index (Phi) is 8.56. The average Bonchev–Trinajstić information content (AvgIpc) is 3.98. The van der Waals surface area contributed by atoms with E-state index >= 15 is 39.6 Å². The maximum absolute atomic E-state index is 16.6. The molecule has 0 radical (unpaired) electrons. The molecule has 8 bridgehead atoms. The normalized spacial score (nSPS) is 12.1. The molecule has 9 nitrogen and oxygen atoms in total. The van der Waals surface area contributed by atoms with Gasteiger partial charge in [0.25, 0.3) is 0 Å². The highest BCUT2D eigenvalue weighted by molar-refractivity contribution is 6.13. The lowest BCUT2D eigenvalue weighted by molar-refractivity contribution is 0.398. The Morgan fingerprint density at radius 1 is 0.453 bits per heavy atom. The van der Waals surface area contributed by atoms with E-state index in [1.54, 1.807) is 13.0 Å². The van der Waals surface area contributed by atoms with Crippen molar-refractivity contribution in [3.63, 3.8) is 0 Å². The Labute approximate surface area is 342 Å². The summed E-state index contributed by atoms with van der Waals surface area (Å²) in [6.45, 7) is 3.21. The largest absolute Gasteiger partial charge is 0.352 e. The van der Waals surface area contributed by atoms with E-state index in [0.717, 1.165) is 0 Å². The second-order valence-corrected chi connectivity index (χ2v) is 14.1. The molecule has 322 valence electrons. The summed E-state index contributed by atoms with van der Waals surface area (Å²) in [5.41, 5.74) is -10.4. The number of benzene rings is 5. The average molecular weight is 904 g/mol. The minimum Gasteiger partial charge on any atom is -0.352 e. The van der Waals surface area contributed by atoms with Gasteiger partial charge in [-0.2, -0.15) is 0 Å². The van der Waals surface area contributed by atoms with Crippen LogP contribution >= 0.6 is 0 Å². The van der Waals surface area contributed by atoms with Crippen molar-refractivity contribution >= 4 is 55.5 Å². The van der Waals surface area contributed by atoms with E-state index in [0.29, 0.717) is 11.1 Å². The highest BCUT2D eigenvalue weighted by atomic mass is 19.2. The van der Waals surface area contributed by atoms with Crippen LogP contribution in [-0.4, -0.2) is 39.7 Å². The highest BCUT2D eigenvalue weighted by Crippen LogP contribution is 2.45. The number of nitrogens with one attached hydrogen (secondary N) is 2. The van der Waals surface area contributed by atoms with Crippen molar-refractivity contribution in [1.29, 1.82) is 0 Å². The molecular formula is C40H12F15N9. The van der Waals surface area contributed by atoms with Crippen LogP contribution in [0.1, 0.15) is 11.1 Å². The van der Waals surface area contributed by atoms with Gasteiger partial charge in [0.1, 0.15) is 11.3 Å². The second kappa shape index (κ2) is 13.6. The monoisotopic (exact) mass is 903 g/mol. The summed E-state index contributed by atoms with van der Waals surface area (Å²) in [5, 5.41) is -2.73. The molecule has 0 amide bonds. The molecule has 10 rings (SSSR count). The predicted octanol–water partition coefficient (Wildman–Crippen LogP) is 11.4. The van der Waals surface area contributed by atoms with Crippen LogP contribution < -0.4 is 5.32 Å². The van der Waals surface area contributed by atoms with Crippen molar-refractivity contribution < 1.29 is 65.9 Å². The molecule has 24 heteroatoms. The molecule has 0 atom stereocenters. The number of fused-ring (bicyclic) bond motifs is 20. The van der Waals surface area contributed by atoms with Gasteiger partial charge < -0.3 is 10.3 Å². The third-order valence-electron chi connectivity index (χ3n) is 10.4. The lowest BCUT2D eigenvalue weighted by Gasteiger charge is -2.13. The number of hydrogen-bond acceptors (Lipinski definition) is 7. The number of rotatable bonds is 2. The van der Waals surface area contributed by atoms with Gasteiger partial charge in [0, 0.05) is 11.3 Å². The second-order valence-electron chi connectivity index (χ2n) is 14.1. The first-order chi connectivity index (χ1) is 30.3. The number of aromatic nitrogens is 8. The minimum atomic E-state index is -2.61. The van der Waals surface area contributed by atoms with E-state index in [9.17, 15) is 26.3 Å². The van der Waals surface area contributed by atoms with E-state index < -0.39 is 182 Å². The van der Waals surface area contributed by atoms with Crippen molar-refractivity contribution in [2.45, 2.75) is 13.8 Å². The summed E-state index contributed by atoms with van der Waals surface area (Å²) in [6.07, 6.45) is 0. The first kappa shape index (κ1) is 40.3. The molecular weight excluding hydrogens is 891 g/mol. The van der Waals surface area contributed by atoms with Crippen molar-refractivity contribution in [3.05, 3.63) is 117 Å². The molecule has 0 saturated carbocycles. The van der Waals surface area contributed by atoms with Gasteiger partial charge in [0.2, 0.25) is 0 Å². The van der Waals surface area contributed by atoms with Gasteiger partial charge in [-0.05, 0) is 31.5 Å². The van der Waals surface area contributed by atoms with E-state index in [-0.39, 0.29) is 11.8 Å². The summed E-state index contributed by atoms with van der Waals surface area (Å²) in [5.74, 6) is -37.4. The third kappa shape index (κ3) is 5.36. The molecule has 0 spiro atoms. The highest BCUT2D eigenvalue weighted by Gasteiger charge is 2.37. The van der Waals surface area contributed by atoms with Crippen LogP contribution in [0, 0.1) is 95.3 Å². The van der Waals surface area contributed by atoms with Crippen LogP contribution in [0.2, 0.25) is 0 Å². The Morgan fingerprint density at radius 3 is 1.52 bits per heavy atom. The minimum absolute atomic E-state index is 0.0491. The van der Waals surface area contributed by atoms with Gasteiger partial charge in [-0.15, -0.1) is 4.79 Å². The van der Waals surface area contributed by atoms with E-state index in [2.05, 4.69) is 40.2 Å². The number of nitrogens with zero attached hydrogens (tertiary/aromatic N) is 7. The Morgan fingerprint density at radius 2 is 0.922 bits per heavy atom. The number of anilines is 2.